The van der Waals surface area contributed by atoms with Crippen LogP contribution >= 0.6 is 34.2 Å². The maximum absolute atomic E-state index is 11.9. The van der Waals surface area contributed by atoms with Gasteiger partial charge in [0.2, 0.25) is 0 Å². The molecule has 0 aliphatic carbocycles. The fraction of sp³-hybridized carbons (Fsp3) is 0.176. The lowest BCUT2D eigenvalue weighted by Crippen LogP contribution is -2.22. The van der Waals surface area contributed by atoms with E-state index in [2.05, 4.69) is 27.9 Å². The average Bonchev–Trinajstić information content (AvgIpc) is 2.54. The molecular weight excluding hydrogens is 443 g/mol. The van der Waals surface area contributed by atoms with E-state index >= 15 is 0 Å². The van der Waals surface area contributed by atoms with Gasteiger partial charge in [-0.1, -0.05) is 11.6 Å². The lowest BCUT2D eigenvalue weighted by Gasteiger charge is -2.13. The summed E-state index contributed by atoms with van der Waals surface area (Å²) in [5.41, 5.74) is 0.890. The van der Waals surface area contributed by atoms with Crippen LogP contribution in [0.2, 0.25) is 5.02 Å². The minimum atomic E-state index is -0.309. The molecule has 0 saturated carbocycles. The quantitative estimate of drug-likeness (QED) is 0.696. The van der Waals surface area contributed by atoms with E-state index in [1.165, 1.54) is 4.90 Å². The van der Waals surface area contributed by atoms with Gasteiger partial charge in [-0.05, 0) is 65.1 Å². The number of nitrogens with zero attached hydrogens (tertiary/aromatic N) is 1. The zero-order chi connectivity index (χ0) is 17.7. The number of carbonyl (C=O) groups excluding carboxylic acids is 2. The van der Waals surface area contributed by atoms with Crippen molar-refractivity contribution in [2.24, 2.45) is 0 Å². The first-order valence-corrected chi connectivity index (χ1v) is 8.52. The summed E-state index contributed by atoms with van der Waals surface area (Å²) in [5.74, 6) is 0.117. The summed E-state index contributed by atoms with van der Waals surface area (Å²) in [6.45, 7) is -0.114. The Bertz CT molecular complexity index is 748. The second-order valence-electron chi connectivity index (χ2n) is 5.18. The van der Waals surface area contributed by atoms with Gasteiger partial charge in [0.1, 0.15) is 5.75 Å². The van der Waals surface area contributed by atoms with E-state index in [0.29, 0.717) is 17.0 Å². The maximum Gasteiger partial charge on any atom is 0.262 e. The fourth-order valence-corrected chi connectivity index (χ4v) is 2.50. The van der Waals surface area contributed by atoms with E-state index in [-0.39, 0.29) is 23.4 Å². The van der Waals surface area contributed by atoms with Crippen LogP contribution in [0, 0.1) is 3.57 Å². The molecule has 0 spiro atoms. The molecule has 0 radical (unpaired) electrons. The lowest BCUT2D eigenvalue weighted by molar-refractivity contribution is -0.118. The molecular formula is C17H16ClIN2O3. The second kappa shape index (κ2) is 8.34. The van der Waals surface area contributed by atoms with Crippen molar-refractivity contribution in [3.8, 4) is 5.75 Å². The Labute approximate surface area is 159 Å². The maximum atomic E-state index is 11.9. The highest BCUT2D eigenvalue weighted by molar-refractivity contribution is 14.1. The molecule has 2 aromatic carbocycles. The van der Waals surface area contributed by atoms with Gasteiger partial charge >= 0.3 is 0 Å². The second-order valence-corrected chi connectivity index (χ2v) is 6.84. The number of rotatable bonds is 5. The number of nitrogens with one attached hydrogen (secondary N) is 1. The smallest absolute Gasteiger partial charge is 0.262 e. The van der Waals surface area contributed by atoms with Crippen molar-refractivity contribution in [3.05, 3.63) is 56.6 Å². The highest BCUT2D eigenvalue weighted by Gasteiger charge is 2.13. The Morgan fingerprint density at radius 2 is 1.83 bits per heavy atom. The van der Waals surface area contributed by atoms with Crippen LogP contribution in [0.25, 0.3) is 0 Å². The van der Waals surface area contributed by atoms with Crippen LogP contribution in [0.15, 0.2) is 42.5 Å². The van der Waals surface area contributed by atoms with Crippen molar-refractivity contribution in [2.45, 2.75) is 0 Å². The van der Waals surface area contributed by atoms with Crippen LogP contribution in [0.4, 0.5) is 5.69 Å². The molecule has 0 aliphatic rings. The summed E-state index contributed by atoms with van der Waals surface area (Å²) < 4.78 is 6.50. The zero-order valence-electron chi connectivity index (χ0n) is 13.2. The Morgan fingerprint density at radius 1 is 1.17 bits per heavy atom. The number of hydrogen-bond donors (Lipinski definition) is 1. The molecule has 0 fully saturated rings. The van der Waals surface area contributed by atoms with Crippen LogP contribution < -0.4 is 10.1 Å². The van der Waals surface area contributed by atoms with E-state index in [0.717, 1.165) is 3.57 Å². The third-order valence-corrected chi connectivity index (χ3v) is 4.10. The molecule has 1 N–H and O–H groups in total. The van der Waals surface area contributed by atoms with Crippen molar-refractivity contribution < 1.29 is 14.3 Å². The van der Waals surface area contributed by atoms with Crippen LogP contribution in [0.5, 0.6) is 5.75 Å². The Kier molecular flexibility index (Phi) is 6.44. The summed E-state index contributed by atoms with van der Waals surface area (Å²) in [7, 11) is 3.30. The Balaban J connectivity index is 1.95. The van der Waals surface area contributed by atoms with Gasteiger partial charge in [0.25, 0.3) is 11.8 Å². The summed E-state index contributed by atoms with van der Waals surface area (Å²) in [6.07, 6.45) is 0. The molecule has 0 aliphatic heterocycles. The summed E-state index contributed by atoms with van der Waals surface area (Å²) in [5, 5.41) is 2.97. The van der Waals surface area contributed by atoms with Crippen LogP contribution in [0.3, 0.4) is 0 Å². The van der Waals surface area contributed by atoms with Crippen molar-refractivity contribution in [2.75, 3.05) is 26.0 Å². The summed E-state index contributed by atoms with van der Waals surface area (Å²) >= 11 is 8.30. The number of benzene rings is 2. The molecule has 0 atom stereocenters. The van der Waals surface area contributed by atoms with Gasteiger partial charge in [0, 0.05) is 23.4 Å². The first-order valence-electron chi connectivity index (χ1n) is 7.06. The zero-order valence-corrected chi connectivity index (χ0v) is 16.1. The van der Waals surface area contributed by atoms with Crippen LogP contribution in [-0.2, 0) is 4.79 Å². The SMILES string of the molecule is CN(C)C(=O)c1ccc(NC(=O)COc2ccc(I)cc2)cc1Cl. The minimum Gasteiger partial charge on any atom is -0.484 e. The third-order valence-electron chi connectivity index (χ3n) is 3.07. The molecule has 5 nitrogen and oxygen atoms in total. The highest BCUT2D eigenvalue weighted by atomic mass is 127. The van der Waals surface area contributed by atoms with Gasteiger partial charge in [-0.25, -0.2) is 0 Å². The van der Waals surface area contributed by atoms with E-state index in [9.17, 15) is 9.59 Å². The predicted octanol–water partition coefficient (Wildman–Crippen LogP) is 3.66. The van der Waals surface area contributed by atoms with Crippen LogP contribution in [-0.4, -0.2) is 37.4 Å². The Hall–Kier alpha value is -1.80. The predicted molar refractivity (Wildman–Crippen MR) is 103 cm³/mol. The van der Waals surface area contributed by atoms with Gasteiger partial charge in [-0.15, -0.1) is 0 Å². The molecule has 0 aromatic heterocycles. The van der Waals surface area contributed by atoms with Gasteiger partial charge in [0.15, 0.2) is 6.61 Å². The molecule has 0 heterocycles. The van der Waals surface area contributed by atoms with E-state index in [4.69, 9.17) is 16.3 Å². The van der Waals surface area contributed by atoms with Crippen LogP contribution in [0.1, 0.15) is 10.4 Å². The molecule has 7 heteroatoms. The molecule has 2 rings (SSSR count). The standard InChI is InChI=1S/C17H16ClIN2O3/c1-21(2)17(23)14-8-5-12(9-15(14)18)20-16(22)10-24-13-6-3-11(19)4-7-13/h3-9H,10H2,1-2H3,(H,20,22). The van der Waals surface area contributed by atoms with Crippen molar-refractivity contribution >= 4 is 51.7 Å². The molecule has 126 valence electrons. The van der Waals surface area contributed by atoms with Crippen molar-refractivity contribution in [3.63, 3.8) is 0 Å². The molecule has 0 unspecified atom stereocenters. The van der Waals surface area contributed by atoms with Gasteiger partial charge < -0.3 is 15.0 Å². The number of carbonyl (C=O) groups is 2. The molecule has 24 heavy (non-hydrogen) atoms. The van der Waals surface area contributed by atoms with Gasteiger partial charge in [-0.2, -0.15) is 0 Å². The van der Waals surface area contributed by atoms with Crippen molar-refractivity contribution in [1.29, 1.82) is 0 Å². The monoisotopic (exact) mass is 458 g/mol. The normalized spacial score (nSPS) is 10.2. The average molecular weight is 459 g/mol. The lowest BCUT2D eigenvalue weighted by atomic mass is 10.2. The summed E-state index contributed by atoms with van der Waals surface area (Å²) in [6, 6.07) is 12.1. The molecule has 0 bridgehead atoms. The number of anilines is 1. The van der Waals surface area contributed by atoms with E-state index < -0.39 is 0 Å². The molecule has 2 aromatic rings. The van der Waals surface area contributed by atoms with E-state index in [1.807, 2.05) is 12.1 Å². The number of ether oxygens (including phenoxy) is 1. The number of halogens is 2. The fourth-order valence-electron chi connectivity index (χ4n) is 1.88. The minimum absolute atomic E-state index is 0.114. The third kappa shape index (κ3) is 5.10. The molecule has 0 saturated heterocycles. The van der Waals surface area contributed by atoms with E-state index in [1.54, 1.807) is 44.4 Å². The number of hydrogen-bond acceptors (Lipinski definition) is 3. The first kappa shape index (κ1) is 18.5. The molecule has 2 amide bonds. The highest BCUT2D eigenvalue weighted by Crippen LogP contribution is 2.22. The van der Waals surface area contributed by atoms with Gasteiger partial charge in [-0.3, -0.25) is 9.59 Å². The first-order chi connectivity index (χ1) is 11.4. The van der Waals surface area contributed by atoms with Gasteiger partial charge in [0.05, 0.1) is 10.6 Å². The number of amides is 2. The van der Waals surface area contributed by atoms with Crippen molar-refractivity contribution in [1.82, 2.24) is 4.90 Å². The summed E-state index contributed by atoms with van der Waals surface area (Å²) in [4.78, 5) is 25.3. The topological polar surface area (TPSA) is 58.6 Å². The largest absolute Gasteiger partial charge is 0.484 e. The Morgan fingerprint density at radius 3 is 2.42 bits per heavy atom.